The summed E-state index contributed by atoms with van der Waals surface area (Å²) in [7, 11) is 1.41. The van der Waals surface area contributed by atoms with Gasteiger partial charge in [-0.1, -0.05) is 36.0 Å². The highest BCUT2D eigenvalue weighted by Gasteiger charge is 2.21. The molecule has 0 unspecified atom stereocenters. The molecule has 150 valence electrons. The van der Waals surface area contributed by atoms with Crippen molar-refractivity contribution in [3.63, 3.8) is 0 Å². The van der Waals surface area contributed by atoms with E-state index < -0.39 is 17.2 Å². The molecule has 0 aliphatic rings. The number of nitrogens with one attached hydrogen (secondary N) is 2. The number of hydrogen-bond donors (Lipinski definition) is 2. The third kappa shape index (κ3) is 4.80. The molecule has 1 aromatic heterocycles. The van der Waals surface area contributed by atoms with Crippen molar-refractivity contribution < 1.29 is 14.0 Å². The minimum absolute atomic E-state index is 0.170. The number of rotatable bonds is 5. The van der Waals surface area contributed by atoms with Crippen molar-refractivity contribution >= 4 is 34.6 Å². The van der Waals surface area contributed by atoms with Crippen LogP contribution in [-0.4, -0.2) is 33.8 Å². The summed E-state index contributed by atoms with van der Waals surface area (Å²) in [5, 5.41) is 4.62. The summed E-state index contributed by atoms with van der Waals surface area (Å²) < 4.78 is 14.7. The van der Waals surface area contributed by atoms with Crippen LogP contribution < -0.4 is 16.2 Å². The van der Waals surface area contributed by atoms with E-state index in [2.05, 4.69) is 15.6 Å². The van der Waals surface area contributed by atoms with E-state index in [9.17, 15) is 18.8 Å². The van der Waals surface area contributed by atoms with Crippen LogP contribution in [0.2, 0.25) is 0 Å². The van der Waals surface area contributed by atoms with Crippen LogP contribution in [0.3, 0.4) is 0 Å². The molecule has 2 aromatic carbocycles. The number of halogens is 1. The highest BCUT2D eigenvalue weighted by atomic mass is 32.2. The molecule has 2 N–H and O–H groups in total. The Morgan fingerprint density at radius 3 is 2.55 bits per heavy atom. The van der Waals surface area contributed by atoms with Crippen molar-refractivity contribution in [2.45, 2.75) is 23.9 Å². The zero-order valence-electron chi connectivity index (χ0n) is 15.8. The Morgan fingerprint density at radius 2 is 1.86 bits per heavy atom. The van der Waals surface area contributed by atoms with Crippen LogP contribution in [0.25, 0.3) is 10.9 Å². The Labute approximate surface area is 170 Å². The molecule has 0 aliphatic carbocycles. The molecule has 3 amide bonds. The normalized spacial score (nSPS) is 11.8. The monoisotopic (exact) mass is 414 g/mol. The van der Waals surface area contributed by atoms with E-state index in [4.69, 9.17) is 0 Å². The van der Waals surface area contributed by atoms with E-state index in [1.807, 2.05) is 0 Å². The smallest absolute Gasteiger partial charge is 0.321 e. The molecule has 3 aromatic rings. The summed E-state index contributed by atoms with van der Waals surface area (Å²) in [4.78, 5) is 41.2. The zero-order chi connectivity index (χ0) is 21.0. The Morgan fingerprint density at radius 1 is 1.17 bits per heavy atom. The van der Waals surface area contributed by atoms with Gasteiger partial charge in [0.1, 0.15) is 5.82 Å². The van der Waals surface area contributed by atoms with E-state index in [0.717, 1.165) is 17.3 Å². The lowest BCUT2D eigenvalue weighted by Gasteiger charge is -2.16. The van der Waals surface area contributed by atoms with Gasteiger partial charge in [-0.05, 0) is 36.8 Å². The predicted octanol–water partition coefficient (Wildman–Crippen LogP) is 2.52. The first-order valence-electron chi connectivity index (χ1n) is 8.82. The van der Waals surface area contributed by atoms with Gasteiger partial charge in [0, 0.05) is 7.05 Å². The number of fused-ring (bicyclic) bond motifs is 1. The maximum Gasteiger partial charge on any atom is 0.321 e. The molecular weight excluding hydrogens is 395 g/mol. The van der Waals surface area contributed by atoms with Crippen molar-refractivity contribution in [1.82, 2.24) is 20.2 Å². The number of thioether (sulfide) groups is 1. The van der Waals surface area contributed by atoms with Crippen molar-refractivity contribution in [2.75, 3.05) is 7.05 Å². The van der Waals surface area contributed by atoms with Crippen LogP contribution in [-0.2, 0) is 11.3 Å². The molecule has 3 rings (SSSR count). The molecule has 29 heavy (non-hydrogen) atoms. The van der Waals surface area contributed by atoms with Crippen molar-refractivity contribution in [3.05, 3.63) is 70.3 Å². The highest BCUT2D eigenvalue weighted by molar-refractivity contribution is 8.00. The summed E-state index contributed by atoms with van der Waals surface area (Å²) >= 11 is 1.07. The largest absolute Gasteiger partial charge is 0.341 e. The van der Waals surface area contributed by atoms with Crippen LogP contribution in [0.15, 0.2) is 58.5 Å². The van der Waals surface area contributed by atoms with Crippen LogP contribution >= 0.6 is 11.8 Å². The Kier molecular flexibility index (Phi) is 6.28. The van der Waals surface area contributed by atoms with Gasteiger partial charge in [0.2, 0.25) is 5.91 Å². The summed E-state index contributed by atoms with van der Waals surface area (Å²) in [6.45, 7) is 1.79. The predicted molar refractivity (Wildman–Crippen MR) is 109 cm³/mol. The first-order chi connectivity index (χ1) is 13.9. The fraction of sp³-hybridized carbons (Fsp3) is 0.200. The number of para-hydroxylation sites is 1. The quantitative estimate of drug-likeness (QED) is 0.494. The van der Waals surface area contributed by atoms with Crippen LogP contribution in [0.4, 0.5) is 9.18 Å². The number of aromatic nitrogens is 2. The Balaban J connectivity index is 1.99. The molecule has 0 bridgehead atoms. The lowest BCUT2D eigenvalue weighted by atomic mass is 10.2. The highest BCUT2D eigenvalue weighted by Crippen LogP contribution is 2.23. The first-order valence-corrected chi connectivity index (χ1v) is 9.70. The average molecular weight is 414 g/mol. The van der Waals surface area contributed by atoms with Crippen molar-refractivity contribution in [2.24, 2.45) is 0 Å². The summed E-state index contributed by atoms with van der Waals surface area (Å²) in [5.74, 6) is -0.878. The molecule has 0 saturated heterocycles. The number of benzene rings is 2. The van der Waals surface area contributed by atoms with E-state index in [1.54, 1.807) is 43.3 Å². The Hall–Kier alpha value is -3.20. The molecule has 0 spiro atoms. The first kappa shape index (κ1) is 20.5. The molecule has 1 heterocycles. The molecule has 9 heteroatoms. The van der Waals surface area contributed by atoms with Gasteiger partial charge in [-0.2, -0.15) is 0 Å². The second kappa shape index (κ2) is 8.87. The summed E-state index contributed by atoms with van der Waals surface area (Å²) in [6, 6.07) is 12.1. The van der Waals surface area contributed by atoms with Gasteiger partial charge in [0.05, 0.1) is 22.7 Å². The minimum atomic E-state index is -0.681. The van der Waals surface area contributed by atoms with Gasteiger partial charge in [-0.15, -0.1) is 0 Å². The van der Waals surface area contributed by atoms with Crippen molar-refractivity contribution in [1.29, 1.82) is 0 Å². The molecule has 0 saturated carbocycles. The molecule has 0 aliphatic heterocycles. The SMILES string of the molecule is CNC(=O)NC(=O)[C@H](C)Sc1nc2ccccc2c(=O)n1Cc1ccc(F)cc1. The van der Waals surface area contributed by atoms with Crippen LogP contribution in [0.1, 0.15) is 12.5 Å². The average Bonchev–Trinajstić information content (AvgIpc) is 2.72. The topological polar surface area (TPSA) is 93.1 Å². The minimum Gasteiger partial charge on any atom is -0.341 e. The van der Waals surface area contributed by atoms with E-state index in [1.165, 1.54) is 23.7 Å². The number of carbonyl (C=O) groups excluding carboxylic acids is 2. The summed E-state index contributed by atoms with van der Waals surface area (Å²) in [5.41, 5.74) is 0.963. The third-order valence-corrected chi connectivity index (χ3v) is 5.29. The second-order valence-electron chi connectivity index (χ2n) is 6.26. The molecule has 1 atom stereocenters. The van der Waals surface area contributed by atoms with Gasteiger partial charge in [0.15, 0.2) is 5.16 Å². The van der Waals surface area contributed by atoms with Gasteiger partial charge in [-0.25, -0.2) is 14.2 Å². The molecular formula is C20H19FN4O3S. The third-order valence-electron chi connectivity index (χ3n) is 4.20. The van der Waals surface area contributed by atoms with E-state index in [0.29, 0.717) is 16.1 Å². The number of amides is 3. The second-order valence-corrected chi connectivity index (χ2v) is 7.57. The number of urea groups is 1. The standard InChI is InChI=1S/C20H19FN4O3S/c1-12(17(26)24-19(28)22-2)29-20-23-16-6-4-3-5-15(16)18(27)25(20)11-13-7-9-14(21)10-8-13/h3-10,12H,11H2,1-2H3,(H2,22,24,26,28)/t12-/m0/s1. The van der Waals surface area contributed by atoms with Crippen LogP contribution in [0.5, 0.6) is 0 Å². The maximum absolute atomic E-state index is 13.2. The number of hydrogen-bond acceptors (Lipinski definition) is 5. The zero-order valence-corrected chi connectivity index (χ0v) is 16.6. The Bertz CT molecular complexity index is 1110. The molecule has 0 fully saturated rings. The van der Waals surface area contributed by atoms with Crippen LogP contribution in [0, 0.1) is 5.82 Å². The van der Waals surface area contributed by atoms with E-state index in [-0.39, 0.29) is 17.9 Å². The molecule has 0 radical (unpaired) electrons. The lowest BCUT2D eigenvalue weighted by Crippen LogP contribution is -2.41. The summed E-state index contributed by atoms with van der Waals surface area (Å²) in [6.07, 6.45) is 0. The number of imide groups is 1. The lowest BCUT2D eigenvalue weighted by molar-refractivity contribution is -0.119. The molecule has 7 nitrogen and oxygen atoms in total. The van der Waals surface area contributed by atoms with E-state index >= 15 is 0 Å². The van der Waals surface area contributed by atoms with Crippen molar-refractivity contribution in [3.8, 4) is 0 Å². The maximum atomic E-state index is 13.2. The fourth-order valence-corrected chi connectivity index (χ4v) is 3.55. The van der Waals surface area contributed by atoms with Gasteiger partial charge >= 0.3 is 6.03 Å². The van der Waals surface area contributed by atoms with Gasteiger partial charge < -0.3 is 5.32 Å². The fourth-order valence-electron chi connectivity index (χ4n) is 2.64. The van der Waals surface area contributed by atoms with Gasteiger partial charge in [0.25, 0.3) is 5.56 Å². The number of carbonyl (C=O) groups is 2. The van der Waals surface area contributed by atoms with Gasteiger partial charge in [-0.3, -0.25) is 19.5 Å². The number of nitrogens with zero attached hydrogens (tertiary/aromatic N) is 2.